The van der Waals surface area contributed by atoms with Crippen molar-refractivity contribution < 1.29 is 18.6 Å². The molecule has 2 aliphatic heterocycles. The zero-order valence-corrected chi connectivity index (χ0v) is 24.8. The lowest BCUT2D eigenvalue weighted by atomic mass is 9.77. The van der Waals surface area contributed by atoms with Crippen LogP contribution in [0.15, 0.2) is 48.5 Å². The highest BCUT2D eigenvalue weighted by Gasteiger charge is 2.40. The van der Waals surface area contributed by atoms with Crippen LogP contribution in [0.4, 0.5) is 31.5 Å². The molecule has 3 aliphatic rings. The molecule has 0 amide bonds. The monoisotopic (exact) mass is 630 g/mol. The van der Waals surface area contributed by atoms with Gasteiger partial charge in [-0.15, -0.1) is 0 Å². The molecule has 1 aliphatic carbocycles. The van der Waals surface area contributed by atoms with E-state index in [1.807, 2.05) is 0 Å². The number of nitro groups is 2. The molecular weight excluding hydrogens is 601 g/mol. The molecule has 3 aromatic rings. The topological polar surface area (TPSA) is 92.8 Å². The predicted molar refractivity (Wildman–Crippen MR) is 162 cm³/mol. The molecule has 0 aromatic heterocycles. The number of piperidine rings is 1. The summed E-state index contributed by atoms with van der Waals surface area (Å²) in [5.41, 5.74) is 1.03. The third-order valence-electron chi connectivity index (χ3n) is 9.59. The molecular formula is C31H30Cl2F2N4O4. The number of nitrogens with zero attached hydrogens (tertiary/aromatic N) is 4. The van der Waals surface area contributed by atoms with Crippen LogP contribution < -0.4 is 9.80 Å². The maximum atomic E-state index is 15.9. The van der Waals surface area contributed by atoms with Crippen LogP contribution >= 0.6 is 23.2 Å². The first-order valence-corrected chi connectivity index (χ1v) is 15.2. The number of benzene rings is 3. The highest BCUT2D eigenvalue weighted by molar-refractivity contribution is 6.33. The van der Waals surface area contributed by atoms with Crippen molar-refractivity contribution in [3.63, 3.8) is 0 Å². The van der Waals surface area contributed by atoms with E-state index in [0.29, 0.717) is 42.5 Å². The third kappa shape index (κ3) is 5.51. The van der Waals surface area contributed by atoms with Gasteiger partial charge in [0.25, 0.3) is 11.4 Å². The average molecular weight is 632 g/mol. The Bertz CT molecular complexity index is 1500. The van der Waals surface area contributed by atoms with Gasteiger partial charge in [0.05, 0.1) is 21.9 Å². The van der Waals surface area contributed by atoms with Gasteiger partial charge in [0.15, 0.2) is 11.6 Å². The Kier molecular flexibility index (Phi) is 7.93. The SMILES string of the molecule is O=[N+]([O-])c1cc([C@H]2CC[C@H](c3ccc(Cl)c([N+](=O)[O-])c3)N2c2cc(F)c(N3CCC4(CCCC4)CC3)c(F)c2)ccc1Cl. The molecule has 0 bridgehead atoms. The fourth-order valence-corrected chi connectivity index (χ4v) is 7.79. The average Bonchev–Trinajstić information content (AvgIpc) is 3.62. The second-order valence-corrected chi connectivity index (χ2v) is 12.7. The van der Waals surface area contributed by atoms with Gasteiger partial charge in [0.1, 0.15) is 15.7 Å². The van der Waals surface area contributed by atoms with E-state index in [0.717, 1.165) is 12.8 Å². The van der Waals surface area contributed by atoms with Crippen molar-refractivity contribution in [3.05, 3.63) is 102 Å². The Balaban J connectivity index is 1.39. The number of nitro benzene ring substituents is 2. The molecule has 3 aromatic carbocycles. The van der Waals surface area contributed by atoms with Gasteiger partial charge in [0, 0.05) is 30.9 Å². The summed E-state index contributed by atoms with van der Waals surface area (Å²) in [6.07, 6.45) is 7.54. The largest absolute Gasteiger partial charge is 0.367 e. The van der Waals surface area contributed by atoms with Crippen LogP contribution in [-0.4, -0.2) is 22.9 Å². The van der Waals surface area contributed by atoms with E-state index in [1.165, 1.54) is 62.1 Å². The van der Waals surface area contributed by atoms with Gasteiger partial charge >= 0.3 is 0 Å². The molecule has 6 rings (SSSR count). The number of rotatable bonds is 6. The van der Waals surface area contributed by atoms with Crippen LogP contribution in [0.5, 0.6) is 0 Å². The molecule has 1 saturated carbocycles. The van der Waals surface area contributed by atoms with Crippen molar-refractivity contribution in [1.82, 2.24) is 0 Å². The van der Waals surface area contributed by atoms with Gasteiger partial charge in [-0.2, -0.15) is 0 Å². The maximum absolute atomic E-state index is 15.9. The lowest BCUT2D eigenvalue weighted by Crippen LogP contribution is -2.39. The molecule has 0 radical (unpaired) electrons. The summed E-state index contributed by atoms with van der Waals surface area (Å²) in [6.45, 7) is 1.18. The Morgan fingerprint density at radius 2 is 1.21 bits per heavy atom. The molecule has 0 unspecified atom stereocenters. The Labute approximate surface area is 257 Å². The Hall–Kier alpha value is -3.50. The summed E-state index contributed by atoms with van der Waals surface area (Å²) in [5, 5.41) is 23.2. The lowest BCUT2D eigenvalue weighted by molar-refractivity contribution is -0.384. The van der Waals surface area contributed by atoms with Crippen LogP contribution in [0.3, 0.4) is 0 Å². The van der Waals surface area contributed by atoms with E-state index in [2.05, 4.69) is 0 Å². The first-order chi connectivity index (χ1) is 20.6. The number of hydrogen-bond donors (Lipinski definition) is 0. The van der Waals surface area contributed by atoms with Crippen LogP contribution in [0.25, 0.3) is 0 Å². The van der Waals surface area contributed by atoms with E-state index in [9.17, 15) is 20.2 Å². The second-order valence-electron chi connectivity index (χ2n) is 11.9. The zero-order chi connectivity index (χ0) is 30.5. The van der Waals surface area contributed by atoms with Crippen molar-refractivity contribution in [2.75, 3.05) is 22.9 Å². The standard InChI is InChI=1S/C31H30Cl2F2N4O4/c32-22-5-3-19(15-28(22)38(40)41)26-7-8-27(20-4-6-23(33)29(16-20)39(42)43)37(26)21-17-24(34)30(25(35)18-21)36-13-11-31(12-14-36)9-1-2-10-31/h3-6,15-18,26-27H,1-2,7-14H2/t26-,27-/m1/s1. The predicted octanol–water partition coefficient (Wildman–Crippen LogP) is 9.33. The Morgan fingerprint density at radius 1 is 0.744 bits per heavy atom. The fraction of sp³-hybridized carbons (Fsp3) is 0.419. The van der Waals surface area contributed by atoms with Crippen LogP contribution in [0.1, 0.15) is 74.6 Å². The summed E-state index contributed by atoms with van der Waals surface area (Å²) in [4.78, 5) is 25.7. The van der Waals surface area contributed by atoms with Crippen molar-refractivity contribution in [3.8, 4) is 0 Å². The van der Waals surface area contributed by atoms with Gasteiger partial charge in [-0.3, -0.25) is 20.2 Å². The van der Waals surface area contributed by atoms with E-state index >= 15 is 8.78 Å². The molecule has 1 spiro atoms. The molecule has 12 heteroatoms. The van der Waals surface area contributed by atoms with Crippen molar-refractivity contribution in [2.45, 2.75) is 63.5 Å². The molecule has 2 atom stereocenters. The summed E-state index contributed by atoms with van der Waals surface area (Å²) in [7, 11) is 0. The van der Waals surface area contributed by atoms with Crippen LogP contribution in [0, 0.1) is 37.3 Å². The highest BCUT2D eigenvalue weighted by atomic mass is 35.5. The van der Waals surface area contributed by atoms with Crippen LogP contribution in [-0.2, 0) is 0 Å². The summed E-state index contributed by atoms with van der Waals surface area (Å²) < 4.78 is 31.8. The minimum Gasteiger partial charge on any atom is -0.367 e. The molecule has 8 nitrogen and oxygen atoms in total. The first kappa shape index (κ1) is 29.6. The molecule has 2 saturated heterocycles. The summed E-state index contributed by atoms with van der Waals surface area (Å²) >= 11 is 12.1. The number of hydrogen-bond acceptors (Lipinski definition) is 6. The first-order valence-electron chi connectivity index (χ1n) is 14.5. The molecule has 3 fully saturated rings. The third-order valence-corrected chi connectivity index (χ3v) is 10.2. The normalized spacial score (nSPS) is 21.5. The van der Waals surface area contributed by atoms with Gasteiger partial charge in [0.2, 0.25) is 0 Å². The second kappa shape index (κ2) is 11.5. The summed E-state index contributed by atoms with van der Waals surface area (Å²) in [6, 6.07) is 10.5. The smallest absolute Gasteiger partial charge is 0.288 e. The van der Waals surface area contributed by atoms with E-state index < -0.39 is 33.6 Å². The van der Waals surface area contributed by atoms with E-state index in [1.54, 1.807) is 21.9 Å². The number of halogens is 4. The van der Waals surface area contributed by atoms with Gasteiger partial charge in [-0.1, -0.05) is 48.2 Å². The van der Waals surface area contributed by atoms with Crippen molar-refractivity contribution in [1.29, 1.82) is 0 Å². The van der Waals surface area contributed by atoms with Gasteiger partial charge in [-0.05, 0) is 79.3 Å². The molecule has 226 valence electrons. The van der Waals surface area contributed by atoms with Crippen LogP contribution in [0.2, 0.25) is 10.0 Å². The zero-order valence-electron chi connectivity index (χ0n) is 23.3. The molecule has 43 heavy (non-hydrogen) atoms. The Morgan fingerprint density at radius 3 is 1.65 bits per heavy atom. The maximum Gasteiger partial charge on any atom is 0.288 e. The quantitative estimate of drug-likeness (QED) is 0.199. The lowest BCUT2D eigenvalue weighted by Gasteiger charge is -2.41. The summed E-state index contributed by atoms with van der Waals surface area (Å²) in [5.74, 6) is -1.38. The fourth-order valence-electron chi connectivity index (χ4n) is 7.41. The minimum absolute atomic E-state index is 0.0227. The van der Waals surface area contributed by atoms with Gasteiger partial charge < -0.3 is 9.80 Å². The number of anilines is 2. The van der Waals surface area contributed by atoms with Crippen molar-refractivity contribution >= 4 is 46.0 Å². The molecule has 2 heterocycles. The van der Waals surface area contributed by atoms with Crippen molar-refractivity contribution in [2.24, 2.45) is 5.41 Å². The van der Waals surface area contributed by atoms with Gasteiger partial charge in [-0.25, -0.2) is 8.78 Å². The highest BCUT2D eigenvalue weighted by Crippen LogP contribution is 2.50. The minimum atomic E-state index is -0.689. The van der Waals surface area contributed by atoms with E-state index in [4.69, 9.17) is 23.2 Å². The molecule has 0 N–H and O–H groups in total. The van der Waals surface area contributed by atoms with E-state index in [-0.39, 0.29) is 32.8 Å².